The molecule has 0 spiro atoms. The van der Waals surface area contributed by atoms with E-state index in [2.05, 4.69) is 0 Å². The van der Waals surface area contributed by atoms with Crippen LogP contribution in [0.25, 0.3) is 0 Å². The summed E-state index contributed by atoms with van der Waals surface area (Å²) in [5, 5.41) is 0.185. The van der Waals surface area contributed by atoms with Crippen LogP contribution in [0.15, 0.2) is 47.4 Å². The Morgan fingerprint density at radius 3 is 2.57 bits per heavy atom. The zero-order chi connectivity index (χ0) is 15.0. The summed E-state index contributed by atoms with van der Waals surface area (Å²) < 4.78 is 36.9. The SMILES string of the molecule is CN(c1ccc2c(c1)OCO2)S(=O)(=O)c1ccccc1Cl. The van der Waals surface area contributed by atoms with Crippen LogP contribution in [-0.4, -0.2) is 22.3 Å². The van der Waals surface area contributed by atoms with Crippen LogP contribution in [0.3, 0.4) is 0 Å². The number of anilines is 1. The first kappa shape index (κ1) is 14.0. The first-order valence-electron chi connectivity index (χ1n) is 6.13. The van der Waals surface area contributed by atoms with Gasteiger partial charge in [0.05, 0.1) is 10.7 Å². The van der Waals surface area contributed by atoms with E-state index in [9.17, 15) is 8.42 Å². The fourth-order valence-corrected chi connectivity index (χ4v) is 3.70. The van der Waals surface area contributed by atoms with Crippen LogP contribution in [0, 0.1) is 0 Å². The van der Waals surface area contributed by atoms with E-state index < -0.39 is 10.0 Å². The second-order valence-electron chi connectivity index (χ2n) is 4.44. The molecule has 0 saturated heterocycles. The maximum Gasteiger partial charge on any atom is 0.265 e. The van der Waals surface area contributed by atoms with E-state index in [0.717, 1.165) is 4.31 Å². The quantitative estimate of drug-likeness (QED) is 0.870. The molecular weight excluding hydrogens is 314 g/mol. The second kappa shape index (κ2) is 5.13. The number of rotatable bonds is 3. The molecule has 0 aromatic heterocycles. The molecule has 0 radical (unpaired) electrons. The molecular formula is C14H12ClNO4S. The predicted octanol–water partition coefficient (Wildman–Crippen LogP) is 2.89. The lowest BCUT2D eigenvalue weighted by Gasteiger charge is -2.20. The minimum atomic E-state index is -3.74. The van der Waals surface area contributed by atoms with Gasteiger partial charge < -0.3 is 9.47 Å². The van der Waals surface area contributed by atoms with Crippen LogP contribution in [0.2, 0.25) is 5.02 Å². The van der Waals surface area contributed by atoms with Crippen molar-refractivity contribution < 1.29 is 17.9 Å². The minimum Gasteiger partial charge on any atom is -0.454 e. The van der Waals surface area contributed by atoms with Crippen molar-refractivity contribution in [3.63, 3.8) is 0 Å². The molecule has 5 nitrogen and oxygen atoms in total. The largest absolute Gasteiger partial charge is 0.454 e. The number of sulfonamides is 1. The highest BCUT2D eigenvalue weighted by molar-refractivity contribution is 7.93. The summed E-state index contributed by atoms with van der Waals surface area (Å²) in [5.41, 5.74) is 0.471. The number of hydrogen-bond donors (Lipinski definition) is 0. The highest BCUT2D eigenvalue weighted by Crippen LogP contribution is 2.36. The molecule has 0 N–H and O–H groups in total. The van der Waals surface area contributed by atoms with E-state index in [1.165, 1.54) is 13.1 Å². The molecule has 1 aliphatic heterocycles. The molecule has 0 amide bonds. The zero-order valence-electron chi connectivity index (χ0n) is 11.1. The van der Waals surface area contributed by atoms with Crippen LogP contribution in [0.4, 0.5) is 5.69 Å². The van der Waals surface area contributed by atoms with Crippen molar-refractivity contribution >= 4 is 27.3 Å². The summed E-state index contributed by atoms with van der Waals surface area (Å²) in [7, 11) is -2.27. The van der Waals surface area contributed by atoms with Gasteiger partial charge in [-0.15, -0.1) is 0 Å². The Balaban J connectivity index is 2.02. The third-order valence-electron chi connectivity index (χ3n) is 3.19. The van der Waals surface area contributed by atoms with E-state index >= 15 is 0 Å². The fraction of sp³-hybridized carbons (Fsp3) is 0.143. The highest BCUT2D eigenvalue weighted by Gasteiger charge is 2.25. The van der Waals surface area contributed by atoms with Gasteiger partial charge in [-0.2, -0.15) is 0 Å². The molecule has 1 aliphatic rings. The molecule has 2 aromatic rings. The maximum atomic E-state index is 12.6. The number of halogens is 1. The topological polar surface area (TPSA) is 55.8 Å². The lowest BCUT2D eigenvalue weighted by Crippen LogP contribution is -2.26. The van der Waals surface area contributed by atoms with Crippen molar-refractivity contribution in [2.75, 3.05) is 18.1 Å². The zero-order valence-corrected chi connectivity index (χ0v) is 12.7. The van der Waals surface area contributed by atoms with E-state index in [1.54, 1.807) is 36.4 Å². The van der Waals surface area contributed by atoms with Crippen LogP contribution in [-0.2, 0) is 10.0 Å². The normalized spacial score (nSPS) is 13.2. The Morgan fingerprint density at radius 1 is 1.10 bits per heavy atom. The maximum absolute atomic E-state index is 12.6. The smallest absolute Gasteiger partial charge is 0.265 e. The van der Waals surface area contributed by atoms with Crippen LogP contribution in [0.5, 0.6) is 11.5 Å². The molecule has 0 atom stereocenters. The van der Waals surface area contributed by atoms with Crippen LogP contribution >= 0.6 is 11.6 Å². The Bertz CT molecular complexity index is 791. The molecule has 3 rings (SSSR count). The minimum absolute atomic E-state index is 0.0619. The molecule has 0 saturated carbocycles. The Morgan fingerprint density at radius 2 is 1.81 bits per heavy atom. The van der Waals surface area contributed by atoms with Gasteiger partial charge in [0, 0.05) is 13.1 Å². The van der Waals surface area contributed by atoms with Crippen molar-refractivity contribution in [1.29, 1.82) is 0 Å². The summed E-state index contributed by atoms with van der Waals surface area (Å²) >= 11 is 5.98. The second-order valence-corrected chi connectivity index (χ2v) is 6.79. The molecule has 0 bridgehead atoms. The van der Waals surface area contributed by atoms with Crippen molar-refractivity contribution in [2.45, 2.75) is 4.90 Å². The number of ether oxygens (including phenoxy) is 2. The van der Waals surface area contributed by atoms with E-state index in [1.807, 2.05) is 0 Å². The highest BCUT2D eigenvalue weighted by atomic mass is 35.5. The molecule has 0 aliphatic carbocycles. The van der Waals surface area contributed by atoms with Gasteiger partial charge in [0.15, 0.2) is 11.5 Å². The lowest BCUT2D eigenvalue weighted by atomic mass is 10.3. The first-order chi connectivity index (χ1) is 10.00. The summed E-state index contributed by atoms with van der Waals surface area (Å²) in [5.74, 6) is 1.12. The van der Waals surface area contributed by atoms with Crippen molar-refractivity contribution in [3.05, 3.63) is 47.5 Å². The Kier molecular flexibility index (Phi) is 3.43. The summed E-state index contributed by atoms with van der Waals surface area (Å²) in [6, 6.07) is 11.3. The van der Waals surface area contributed by atoms with Crippen LogP contribution in [0.1, 0.15) is 0 Å². The third-order valence-corrected chi connectivity index (χ3v) is 5.48. The fourth-order valence-electron chi connectivity index (χ4n) is 2.02. The van der Waals surface area contributed by atoms with Gasteiger partial charge in [0.25, 0.3) is 10.0 Å². The molecule has 7 heteroatoms. The number of benzene rings is 2. The lowest BCUT2D eigenvalue weighted by molar-refractivity contribution is 0.174. The predicted molar refractivity (Wildman–Crippen MR) is 79.6 cm³/mol. The van der Waals surface area contributed by atoms with Crippen molar-refractivity contribution in [3.8, 4) is 11.5 Å². The molecule has 110 valence electrons. The number of hydrogen-bond acceptors (Lipinski definition) is 4. The summed E-state index contributed by atoms with van der Waals surface area (Å²) in [6.45, 7) is 0.139. The molecule has 0 unspecified atom stereocenters. The summed E-state index contributed by atoms with van der Waals surface area (Å²) in [4.78, 5) is 0.0619. The molecule has 21 heavy (non-hydrogen) atoms. The average molecular weight is 326 g/mol. The van der Waals surface area contributed by atoms with E-state index in [-0.39, 0.29) is 16.7 Å². The van der Waals surface area contributed by atoms with Crippen LogP contribution < -0.4 is 13.8 Å². The monoisotopic (exact) mass is 325 g/mol. The molecule has 2 aromatic carbocycles. The van der Waals surface area contributed by atoms with Gasteiger partial charge in [-0.05, 0) is 24.3 Å². The van der Waals surface area contributed by atoms with Gasteiger partial charge in [-0.1, -0.05) is 23.7 Å². The Hall–Kier alpha value is -1.92. The standard InChI is InChI=1S/C14H12ClNO4S/c1-16(10-6-7-12-13(8-10)20-9-19-12)21(17,18)14-5-3-2-4-11(14)15/h2-8H,9H2,1H3. The average Bonchev–Trinajstić information content (AvgIpc) is 2.94. The van der Waals surface area contributed by atoms with Gasteiger partial charge >= 0.3 is 0 Å². The first-order valence-corrected chi connectivity index (χ1v) is 7.95. The number of fused-ring (bicyclic) bond motifs is 1. The Labute approximate surface area is 127 Å². The van der Waals surface area contributed by atoms with Gasteiger partial charge in [-0.3, -0.25) is 4.31 Å². The number of nitrogens with zero attached hydrogens (tertiary/aromatic N) is 1. The molecule has 1 heterocycles. The van der Waals surface area contributed by atoms with Gasteiger partial charge in [0.2, 0.25) is 6.79 Å². The van der Waals surface area contributed by atoms with Crippen molar-refractivity contribution in [2.24, 2.45) is 0 Å². The van der Waals surface area contributed by atoms with Gasteiger partial charge in [0.1, 0.15) is 4.90 Å². The molecule has 0 fully saturated rings. The van der Waals surface area contributed by atoms with E-state index in [4.69, 9.17) is 21.1 Å². The summed E-state index contributed by atoms with van der Waals surface area (Å²) in [6.07, 6.45) is 0. The third kappa shape index (κ3) is 2.41. The van der Waals surface area contributed by atoms with Crippen molar-refractivity contribution in [1.82, 2.24) is 0 Å². The van der Waals surface area contributed by atoms with Gasteiger partial charge in [-0.25, -0.2) is 8.42 Å². The van der Waals surface area contributed by atoms with E-state index in [0.29, 0.717) is 17.2 Å².